The van der Waals surface area contributed by atoms with Crippen molar-refractivity contribution >= 4 is 33.4 Å². The number of methoxy groups -OCH3 is 1. The zero-order valence-electron chi connectivity index (χ0n) is 12.0. The molecule has 4 nitrogen and oxygen atoms in total. The van der Waals surface area contributed by atoms with Crippen LogP contribution in [0, 0.1) is 0 Å². The Morgan fingerprint density at radius 3 is 2.60 bits per heavy atom. The van der Waals surface area contributed by atoms with E-state index in [9.17, 15) is 4.79 Å². The van der Waals surface area contributed by atoms with E-state index in [1.807, 2.05) is 0 Å². The summed E-state index contributed by atoms with van der Waals surface area (Å²) < 4.78 is 5.95. The number of hydrogen-bond acceptors (Lipinski definition) is 3. The molecule has 0 saturated heterocycles. The molecule has 1 aromatic rings. The number of ether oxygens (including phenoxy) is 1. The highest BCUT2D eigenvalue weighted by Gasteiger charge is 2.16. The summed E-state index contributed by atoms with van der Waals surface area (Å²) in [6.45, 7) is 7.55. The van der Waals surface area contributed by atoms with Crippen LogP contribution in [0.3, 0.4) is 0 Å². The second-order valence-electron chi connectivity index (χ2n) is 4.25. The molecule has 0 fully saturated rings. The van der Waals surface area contributed by atoms with Gasteiger partial charge >= 0.3 is 0 Å². The molecule has 0 saturated carbocycles. The average molecular weight is 364 g/mol. The van der Waals surface area contributed by atoms with E-state index in [2.05, 4.69) is 40.0 Å². The Hall–Kier alpha value is -0.780. The smallest absolute Gasteiger partial charge is 0.255 e. The van der Waals surface area contributed by atoms with Crippen molar-refractivity contribution in [3.63, 3.8) is 0 Å². The fourth-order valence-electron chi connectivity index (χ4n) is 1.90. The van der Waals surface area contributed by atoms with Crippen LogP contribution >= 0.6 is 27.5 Å². The second kappa shape index (κ2) is 8.49. The van der Waals surface area contributed by atoms with Crippen LogP contribution in [0.25, 0.3) is 0 Å². The van der Waals surface area contributed by atoms with Crippen LogP contribution in [0.5, 0.6) is 5.75 Å². The maximum atomic E-state index is 12.2. The van der Waals surface area contributed by atoms with Gasteiger partial charge in [0, 0.05) is 17.6 Å². The average Bonchev–Trinajstić information content (AvgIpc) is 2.42. The van der Waals surface area contributed by atoms with E-state index >= 15 is 0 Å². The summed E-state index contributed by atoms with van der Waals surface area (Å²) in [5, 5.41) is 3.30. The van der Waals surface area contributed by atoms with Gasteiger partial charge in [-0.25, -0.2) is 0 Å². The number of hydrogen-bond donors (Lipinski definition) is 1. The molecule has 0 spiro atoms. The summed E-state index contributed by atoms with van der Waals surface area (Å²) in [6.07, 6.45) is 0. The van der Waals surface area contributed by atoms with Gasteiger partial charge in [-0.05, 0) is 25.2 Å². The van der Waals surface area contributed by atoms with Crippen molar-refractivity contribution in [2.75, 3.05) is 33.3 Å². The molecule has 1 rings (SSSR count). The maximum absolute atomic E-state index is 12.2. The van der Waals surface area contributed by atoms with Gasteiger partial charge in [-0.2, -0.15) is 0 Å². The van der Waals surface area contributed by atoms with Gasteiger partial charge in [0.2, 0.25) is 0 Å². The number of nitrogens with zero attached hydrogens (tertiary/aromatic N) is 1. The molecule has 6 heteroatoms. The minimum Gasteiger partial charge on any atom is -0.494 e. The first-order valence-electron chi connectivity index (χ1n) is 6.57. The number of carbonyl (C=O) groups is 1. The van der Waals surface area contributed by atoms with E-state index in [-0.39, 0.29) is 5.91 Å². The van der Waals surface area contributed by atoms with Crippen molar-refractivity contribution in [3.05, 3.63) is 27.2 Å². The topological polar surface area (TPSA) is 41.6 Å². The Morgan fingerprint density at radius 2 is 2.05 bits per heavy atom. The van der Waals surface area contributed by atoms with Crippen LogP contribution in [-0.4, -0.2) is 44.1 Å². The van der Waals surface area contributed by atoms with Crippen molar-refractivity contribution in [2.45, 2.75) is 13.8 Å². The summed E-state index contributed by atoms with van der Waals surface area (Å²) in [5.41, 5.74) is 0.437. The first kappa shape index (κ1) is 17.3. The minimum absolute atomic E-state index is 0.183. The maximum Gasteiger partial charge on any atom is 0.255 e. The van der Waals surface area contributed by atoms with E-state index in [0.29, 0.717) is 22.9 Å². The monoisotopic (exact) mass is 362 g/mol. The molecule has 0 radical (unpaired) electrons. The summed E-state index contributed by atoms with van der Waals surface area (Å²) in [4.78, 5) is 14.4. The second-order valence-corrected chi connectivity index (χ2v) is 5.57. The van der Waals surface area contributed by atoms with Crippen LogP contribution in [-0.2, 0) is 0 Å². The summed E-state index contributed by atoms with van der Waals surface area (Å²) in [6, 6.07) is 3.41. The number of carbonyl (C=O) groups excluding carboxylic acids is 1. The molecule has 1 aromatic carbocycles. The molecule has 112 valence electrons. The number of amides is 1. The normalized spacial score (nSPS) is 10.7. The molecule has 0 heterocycles. The third kappa shape index (κ3) is 4.65. The largest absolute Gasteiger partial charge is 0.494 e. The van der Waals surface area contributed by atoms with Gasteiger partial charge in [0.1, 0.15) is 5.75 Å². The molecule has 1 amide bonds. The highest BCUT2D eigenvalue weighted by atomic mass is 79.9. The van der Waals surface area contributed by atoms with E-state index in [1.54, 1.807) is 12.1 Å². The lowest BCUT2D eigenvalue weighted by Crippen LogP contribution is -2.34. The van der Waals surface area contributed by atoms with Crippen molar-refractivity contribution in [2.24, 2.45) is 0 Å². The number of nitrogens with one attached hydrogen (secondary N) is 1. The molecule has 0 aromatic heterocycles. The molecule has 20 heavy (non-hydrogen) atoms. The molecule has 0 aliphatic heterocycles. The summed E-state index contributed by atoms with van der Waals surface area (Å²) in [5.74, 6) is 0.215. The Balaban J connectivity index is 2.72. The van der Waals surface area contributed by atoms with Gasteiger partial charge in [0.05, 0.1) is 17.7 Å². The first-order chi connectivity index (χ1) is 9.53. The summed E-state index contributed by atoms with van der Waals surface area (Å²) in [7, 11) is 1.50. The molecule has 1 N–H and O–H groups in total. The third-order valence-electron chi connectivity index (χ3n) is 3.07. The lowest BCUT2D eigenvalue weighted by atomic mass is 10.2. The number of halogens is 2. The fraction of sp³-hybridized carbons (Fsp3) is 0.500. The SMILES string of the molecule is CCN(CC)CCNC(=O)c1cc(Br)cc(Cl)c1OC. The van der Waals surface area contributed by atoms with Gasteiger partial charge in [-0.1, -0.05) is 41.4 Å². The number of rotatable bonds is 7. The predicted octanol–water partition coefficient (Wildman–Crippen LogP) is 3.18. The van der Waals surface area contributed by atoms with Gasteiger partial charge in [0.25, 0.3) is 5.91 Å². The van der Waals surface area contributed by atoms with Gasteiger partial charge < -0.3 is 15.0 Å². The van der Waals surface area contributed by atoms with Gasteiger partial charge in [0.15, 0.2) is 0 Å². The van der Waals surface area contributed by atoms with E-state index in [1.165, 1.54) is 7.11 Å². The van der Waals surface area contributed by atoms with E-state index < -0.39 is 0 Å². The quantitative estimate of drug-likeness (QED) is 0.809. The Labute approximate surface area is 133 Å². The molecule has 0 atom stereocenters. The molecular weight excluding hydrogens is 344 g/mol. The van der Waals surface area contributed by atoms with Crippen LogP contribution in [0.2, 0.25) is 5.02 Å². The zero-order chi connectivity index (χ0) is 15.1. The molecule has 0 unspecified atom stereocenters. The Morgan fingerprint density at radius 1 is 1.40 bits per heavy atom. The standard InChI is InChI=1S/C14H20BrClN2O2/c1-4-18(5-2)7-6-17-14(19)11-8-10(15)9-12(16)13(11)20-3/h8-9H,4-7H2,1-3H3,(H,17,19). The van der Waals surface area contributed by atoms with E-state index in [4.69, 9.17) is 16.3 Å². The Kier molecular flexibility index (Phi) is 7.34. The van der Waals surface area contributed by atoms with Crippen LogP contribution < -0.4 is 10.1 Å². The van der Waals surface area contributed by atoms with Crippen LogP contribution in [0.1, 0.15) is 24.2 Å². The molecular formula is C14H20BrClN2O2. The third-order valence-corrected chi connectivity index (χ3v) is 3.80. The van der Waals surface area contributed by atoms with Crippen LogP contribution in [0.4, 0.5) is 0 Å². The molecule has 0 aliphatic carbocycles. The van der Waals surface area contributed by atoms with E-state index in [0.717, 1.165) is 24.1 Å². The summed E-state index contributed by atoms with van der Waals surface area (Å²) >= 11 is 9.40. The number of benzene rings is 1. The van der Waals surface area contributed by atoms with Crippen molar-refractivity contribution in [1.82, 2.24) is 10.2 Å². The molecule has 0 aliphatic rings. The van der Waals surface area contributed by atoms with Crippen molar-refractivity contribution < 1.29 is 9.53 Å². The Bertz CT molecular complexity index is 465. The minimum atomic E-state index is -0.183. The predicted molar refractivity (Wildman–Crippen MR) is 85.8 cm³/mol. The van der Waals surface area contributed by atoms with Crippen molar-refractivity contribution in [3.8, 4) is 5.75 Å². The van der Waals surface area contributed by atoms with Gasteiger partial charge in [-0.3, -0.25) is 4.79 Å². The highest BCUT2D eigenvalue weighted by Crippen LogP contribution is 2.32. The zero-order valence-corrected chi connectivity index (χ0v) is 14.3. The number of likely N-dealkylation sites (N-methyl/N-ethyl adjacent to an activating group) is 1. The van der Waals surface area contributed by atoms with Gasteiger partial charge in [-0.15, -0.1) is 0 Å². The first-order valence-corrected chi connectivity index (χ1v) is 7.74. The lowest BCUT2D eigenvalue weighted by Gasteiger charge is -2.18. The van der Waals surface area contributed by atoms with Crippen LogP contribution in [0.15, 0.2) is 16.6 Å². The highest BCUT2D eigenvalue weighted by molar-refractivity contribution is 9.10. The molecule has 0 bridgehead atoms. The van der Waals surface area contributed by atoms with Crippen molar-refractivity contribution in [1.29, 1.82) is 0 Å². The fourth-order valence-corrected chi connectivity index (χ4v) is 2.79. The lowest BCUT2D eigenvalue weighted by molar-refractivity contribution is 0.0946.